The summed E-state index contributed by atoms with van der Waals surface area (Å²) in [5.41, 5.74) is 20.4. The number of anilines is 2. The first-order chi connectivity index (χ1) is 20.2. The van der Waals surface area contributed by atoms with E-state index < -0.39 is 0 Å². The van der Waals surface area contributed by atoms with E-state index in [-0.39, 0.29) is 23.6 Å². The number of allylic oxidation sites excluding steroid dienone is 1. The molecular weight excluding hydrogens is 528 g/mol. The maximum absolute atomic E-state index is 13.8. The van der Waals surface area contributed by atoms with E-state index in [0.29, 0.717) is 29.0 Å². The number of hydrogen-bond donors (Lipinski definition) is 2. The zero-order valence-electron chi connectivity index (χ0n) is 24.4. The summed E-state index contributed by atoms with van der Waals surface area (Å²) in [6, 6.07) is 15.9. The number of hydrogen-bond acceptors (Lipinski definition) is 9. The molecule has 0 bridgehead atoms. The number of ketones is 1. The first-order valence-corrected chi connectivity index (χ1v) is 13.5. The minimum Gasteiger partial charge on any atom is -0.493 e. The zero-order valence-corrected chi connectivity index (χ0v) is 24.4. The lowest BCUT2D eigenvalue weighted by Gasteiger charge is -2.33. The number of aromatic nitrogens is 2. The van der Waals surface area contributed by atoms with Gasteiger partial charge in [-0.1, -0.05) is 42.0 Å². The molecule has 1 atom stereocenters. The van der Waals surface area contributed by atoms with Crippen molar-refractivity contribution >= 4 is 23.8 Å². The smallest absolute Gasteiger partial charge is 0.221 e. The third-order valence-corrected chi connectivity index (χ3v) is 7.39. The molecule has 0 fully saturated rings. The molecule has 1 aliphatic heterocycles. The van der Waals surface area contributed by atoms with Crippen molar-refractivity contribution in [3.05, 3.63) is 117 Å². The van der Waals surface area contributed by atoms with Crippen LogP contribution < -0.4 is 20.9 Å². The second-order valence-corrected chi connectivity index (χ2v) is 10.3. The average Bonchev–Trinajstić information content (AvgIpc) is 2.96. The molecule has 1 unspecified atom stereocenters. The number of methoxy groups -OCH3 is 2. The van der Waals surface area contributed by atoms with Crippen LogP contribution in [0.15, 0.2) is 72.1 Å². The van der Waals surface area contributed by atoms with Gasteiger partial charge >= 0.3 is 0 Å². The fourth-order valence-corrected chi connectivity index (χ4v) is 5.58. The SMILES string of the molecule is COc1cc(Cc2cnc(N)nc2N)cc(C(=O)/C=C/N2N=Cc3ccccc3C2c2c(C)cc(C)cc2C)c1OC. The topological polar surface area (TPSA) is 129 Å². The molecule has 0 saturated carbocycles. The van der Waals surface area contributed by atoms with Gasteiger partial charge in [-0.15, -0.1) is 0 Å². The van der Waals surface area contributed by atoms with Gasteiger partial charge in [-0.05, 0) is 60.7 Å². The van der Waals surface area contributed by atoms with Crippen LogP contribution >= 0.6 is 0 Å². The third kappa shape index (κ3) is 5.54. The monoisotopic (exact) mass is 562 g/mol. The molecule has 0 saturated heterocycles. The van der Waals surface area contributed by atoms with E-state index in [9.17, 15) is 4.79 Å². The highest BCUT2D eigenvalue weighted by atomic mass is 16.5. The lowest BCUT2D eigenvalue weighted by Crippen LogP contribution is -2.26. The maximum Gasteiger partial charge on any atom is 0.221 e. The fourth-order valence-electron chi connectivity index (χ4n) is 5.58. The van der Waals surface area contributed by atoms with Crippen molar-refractivity contribution in [2.45, 2.75) is 33.2 Å². The minimum atomic E-state index is -0.265. The molecule has 2 heterocycles. The van der Waals surface area contributed by atoms with Crippen LogP contribution in [0.5, 0.6) is 11.5 Å². The normalized spacial score (nSPS) is 14.2. The Morgan fingerprint density at radius 3 is 2.45 bits per heavy atom. The van der Waals surface area contributed by atoms with Crippen LogP contribution in [0, 0.1) is 20.8 Å². The standard InChI is InChI=1S/C33H34N6O3/c1-19-12-20(2)29(21(3)13-19)30-25-9-7-6-8-23(25)18-37-39(30)11-10-27(40)26-15-22(16-28(41-4)31(26)42-5)14-24-17-36-33(35)38-32(24)34/h6-13,15-18,30H,14H2,1-5H3,(H4,34,35,36,38)/b11-10+. The molecular formula is C33H34N6O3. The number of ether oxygens (including phenoxy) is 2. The number of carbonyl (C=O) groups excluding carboxylic acids is 1. The highest BCUT2D eigenvalue weighted by Gasteiger charge is 2.28. The van der Waals surface area contributed by atoms with Crippen LogP contribution in [0.3, 0.4) is 0 Å². The summed E-state index contributed by atoms with van der Waals surface area (Å²) in [5, 5.41) is 6.58. The number of aryl methyl sites for hydroxylation is 3. The Labute approximate surface area is 245 Å². The lowest BCUT2D eigenvalue weighted by molar-refractivity contribution is 0.104. The molecule has 4 N–H and O–H groups in total. The molecule has 1 aromatic heterocycles. The van der Waals surface area contributed by atoms with Crippen LogP contribution in [0.2, 0.25) is 0 Å². The second kappa shape index (κ2) is 11.7. The number of fused-ring (bicyclic) bond motifs is 1. The fraction of sp³-hybridized carbons (Fsp3) is 0.212. The summed E-state index contributed by atoms with van der Waals surface area (Å²) in [6.07, 6.45) is 7.01. The summed E-state index contributed by atoms with van der Waals surface area (Å²) < 4.78 is 11.2. The Morgan fingerprint density at radius 2 is 1.76 bits per heavy atom. The molecule has 1 aliphatic rings. The second-order valence-electron chi connectivity index (χ2n) is 10.3. The van der Waals surface area contributed by atoms with Gasteiger partial charge in [0.2, 0.25) is 5.95 Å². The van der Waals surface area contributed by atoms with Crippen LogP contribution in [0.1, 0.15) is 60.9 Å². The molecule has 0 radical (unpaired) electrons. The predicted octanol–water partition coefficient (Wildman–Crippen LogP) is 5.31. The average molecular weight is 563 g/mol. The summed E-state index contributed by atoms with van der Waals surface area (Å²) >= 11 is 0. The van der Waals surface area contributed by atoms with Crippen molar-refractivity contribution in [3.8, 4) is 11.5 Å². The van der Waals surface area contributed by atoms with E-state index in [0.717, 1.165) is 22.3 Å². The molecule has 0 aliphatic carbocycles. The Morgan fingerprint density at radius 1 is 1.02 bits per heavy atom. The number of nitrogens with two attached hydrogens (primary N) is 2. The molecule has 3 aromatic carbocycles. The first-order valence-electron chi connectivity index (χ1n) is 13.5. The highest BCUT2D eigenvalue weighted by molar-refractivity contribution is 6.07. The predicted molar refractivity (Wildman–Crippen MR) is 165 cm³/mol. The van der Waals surface area contributed by atoms with E-state index in [2.05, 4.69) is 55.0 Å². The van der Waals surface area contributed by atoms with Crippen molar-refractivity contribution in [2.75, 3.05) is 25.7 Å². The van der Waals surface area contributed by atoms with E-state index in [1.807, 2.05) is 23.4 Å². The minimum absolute atomic E-state index is 0.0990. The summed E-state index contributed by atoms with van der Waals surface area (Å²) in [6.45, 7) is 6.33. The van der Waals surface area contributed by atoms with Gasteiger partial charge in [-0.2, -0.15) is 10.1 Å². The number of nitrogen functional groups attached to an aromatic ring is 2. The molecule has 5 rings (SSSR count). The van der Waals surface area contributed by atoms with Gasteiger partial charge < -0.3 is 20.9 Å². The van der Waals surface area contributed by atoms with Gasteiger partial charge in [0.1, 0.15) is 11.9 Å². The zero-order chi connectivity index (χ0) is 30.0. The van der Waals surface area contributed by atoms with Gasteiger partial charge in [-0.25, -0.2) is 4.98 Å². The van der Waals surface area contributed by atoms with E-state index in [1.54, 1.807) is 24.5 Å². The number of rotatable bonds is 8. The Balaban J connectivity index is 1.53. The first kappa shape index (κ1) is 28.4. The number of carbonyl (C=O) groups is 1. The molecule has 0 spiro atoms. The summed E-state index contributed by atoms with van der Waals surface area (Å²) in [5.74, 6) is 0.878. The van der Waals surface area contributed by atoms with Crippen molar-refractivity contribution in [3.63, 3.8) is 0 Å². The Bertz CT molecular complexity index is 1710. The third-order valence-electron chi connectivity index (χ3n) is 7.39. The van der Waals surface area contributed by atoms with Crippen LogP contribution in [-0.2, 0) is 6.42 Å². The number of hydrazone groups is 1. The van der Waals surface area contributed by atoms with E-state index in [1.165, 1.54) is 37.0 Å². The van der Waals surface area contributed by atoms with E-state index >= 15 is 0 Å². The number of benzene rings is 3. The number of nitrogens with zero attached hydrogens (tertiary/aromatic N) is 4. The Hall–Kier alpha value is -5.18. The lowest BCUT2D eigenvalue weighted by atomic mass is 9.87. The van der Waals surface area contributed by atoms with Crippen molar-refractivity contribution in [1.29, 1.82) is 0 Å². The maximum atomic E-state index is 13.8. The Kier molecular flexibility index (Phi) is 7.93. The molecule has 9 nitrogen and oxygen atoms in total. The van der Waals surface area contributed by atoms with Crippen molar-refractivity contribution < 1.29 is 14.3 Å². The largest absolute Gasteiger partial charge is 0.493 e. The molecule has 4 aromatic rings. The van der Waals surface area contributed by atoms with Gasteiger partial charge in [0.05, 0.1) is 26.0 Å². The van der Waals surface area contributed by atoms with Crippen molar-refractivity contribution in [2.24, 2.45) is 5.10 Å². The van der Waals surface area contributed by atoms with Crippen molar-refractivity contribution in [1.82, 2.24) is 15.0 Å². The van der Waals surface area contributed by atoms with Crippen LogP contribution in [-0.4, -0.2) is 41.2 Å². The van der Waals surface area contributed by atoms with Gasteiger partial charge in [0.25, 0.3) is 0 Å². The molecule has 0 amide bonds. The molecule has 214 valence electrons. The summed E-state index contributed by atoms with van der Waals surface area (Å²) in [4.78, 5) is 21.8. The van der Waals surface area contributed by atoms with Crippen LogP contribution in [0.25, 0.3) is 0 Å². The molecule has 42 heavy (non-hydrogen) atoms. The molecule has 9 heteroatoms. The highest BCUT2D eigenvalue weighted by Crippen LogP contribution is 2.38. The van der Waals surface area contributed by atoms with Crippen LogP contribution in [0.4, 0.5) is 11.8 Å². The van der Waals surface area contributed by atoms with Gasteiger partial charge in [-0.3, -0.25) is 9.80 Å². The van der Waals surface area contributed by atoms with Gasteiger partial charge in [0, 0.05) is 36.0 Å². The summed E-state index contributed by atoms with van der Waals surface area (Å²) in [7, 11) is 3.04. The van der Waals surface area contributed by atoms with E-state index in [4.69, 9.17) is 26.0 Å². The quantitative estimate of drug-likeness (QED) is 0.218. The van der Waals surface area contributed by atoms with Gasteiger partial charge in [0.15, 0.2) is 17.3 Å².